The molecule has 3 fully saturated rings. The maximum absolute atomic E-state index is 13.0. The zero-order valence-corrected chi connectivity index (χ0v) is 16.4. The Morgan fingerprint density at radius 3 is 2.70 bits per heavy atom. The first-order chi connectivity index (χ1) is 13.1. The predicted octanol–water partition coefficient (Wildman–Crippen LogP) is 3.35. The molecule has 4 heterocycles. The Bertz CT molecular complexity index is 767. The van der Waals surface area contributed by atoms with Gasteiger partial charge in [0.05, 0.1) is 5.69 Å². The SMILES string of the molecule is Cc1noc(C)c1CCC(=O)N1C[C@H]2CC[C@@H]1CN(Cc1ccccc1)C2. The van der Waals surface area contributed by atoms with Gasteiger partial charge in [0.25, 0.3) is 0 Å². The van der Waals surface area contributed by atoms with E-state index in [1.54, 1.807) is 0 Å². The number of fused-ring (bicyclic) bond motifs is 4. The number of carbonyl (C=O) groups is 1. The number of rotatable bonds is 5. The van der Waals surface area contributed by atoms with E-state index in [9.17, 15) is 4.79 Å². The second kappa shape index (κ2) is 7.85. The number of hydrogen-bond acceptors (Lipinski definition) is 4. The van der Waals surface area contributed by atoms with Gasteiger partial charge in [0, 0.05) is 44.2 Å². The highest BCUT2D eigenvalue weighted by Crippen LogP contribution is 2.29. The van der Waals surface area contributed by atoms with Crippen LogP contribution in [0.1, 0.15) is 41.8 Å². The molecule has 1 aromatic heterocycles. The number of nitrogens with zero attached hydrogens (tertiary/aromatic N) is 3. The average Bonchev–Trinajstić information content (AvgIpc) is 2.83. The molecule has 3 aliphatic rings. The molecule has 27 heavy (non-hydrogen) atoms. The molecule has 2 bridgehead atoms. The third kappa shape index (κ3) is 4.08. The molecule has 0 aliphatic carbocycles. The van der Waals surface area contributed by atoms with Crippen LogP contribution in [-0.2, 0) is 17.8 Å². The van der Waals surface area contributed by atoms with Gasteiger partial charge in [-0.2, -0.15) is 0 Å². The number of hydrogen-bond donors (Lipinski definition) is 0. The van der Waals surface area contributed by atoms with Crippen molar-refractivity contribution in [2.75, 3.05) is 19.6 Å². The summed E-state index contributed by atoms with van der Waals surface area (Å²) in [7, 11) is 0. The molecule has 5 heteroatoms. The fourth-order valence-electron chi connectivity index (χ4n) is 4.69. The molecule has 2 atom stereocenters. The minimum Gasteiger partial charge on any atom is -0.361 e. The Hall–Kier alpha value is -2.14. The molecule has 0 unspecified atom stereocenters. The van der Waals surface area contributed by atoms with E-state index < -0.39 is 0 Å². The van der Waals surface area contributed by atoms with Gasteiger partial charge >= 0.3 is 0 Å². The molecule has 0 saturated carbocycles. The number of piperidine rings is 1. The van der Waals surface area contributed by atoms with Gasteiger partial charge in [0.2, 0.25) is 5.91 Å². The molecular weight excluding hydrogens is 338 g/mol. The Balaban J connectivity index is 1.39. The van der Waals surface area contributed by atoms with E-state index >= 15 is 0 Å². The minimum absolute atomic E-state index is 0.284. The van der Waals surface area contributed by atoms with Crippen LogP contribution in [0.2, 0.25) is 0 Å². The van der Waals surface area contributed by atoms with E-state index in [0.29, 0.717) is 18.4 Å². The van der Waals surface area contributed by atoms with Gasteiger partial charge in [-0.1, -0.05) is 35.5 Å². The number of amides is 1. The van der Waals surface area contributed by atoms with Crippen molar-refractivity contribution in [2.45, 2.75) is 52.1 Å². The third-order valence-corrected chi connectivity index (χ3v) is 6.13. The number of aryl methyl sites for hydroxylation is 2. The molecule has 0 radical (unpaired) electrons. The molecule has 3 saturated heterocycles. The number of carbonyl (C=O) groups excluding carboxylic acids is 1. The van der Waals surface area contributed by atoms with E-state index in [0.717, 1.165) is 56.0 Å². The maximum Gasteiger partial charge on any atom is 0.223 e. The first-order valence-electron chi connectivity index (χ1n) is 10.1. The van der Waals surface area contributed by atoms with Crippen LogP contribution in [0.4, 0.5) is 0 Å². The summed E-state index contributed by atoms with van der Waals surface area (Å²) in [5.41, 5.74) is 3.36. The minimum atomic E-state index is 0.284. The number of benzene rings is 1. The molecule has 3 aliphatic heterocycles. The van der Waals surface area contributed by atoms with Crippen LogP contribution in [0.3, 0.4) is 0 Å². The molecular formula is C22H29N3O2. The van der Waals surface area contributed by atoms with Gasteiger partial charge in [-0.05, 0) is 44.6 Å². The zero-order valence-electron chi connectivity index (χ0n) is 16.4. The lowest BCUT2D eigenvalue weighted by Gasteiger charge is -2.36. The molecule has 0 spiro atoms. The maximum atomic E-state index is 13.0. The summed E-state index contributed by atoms with van der Waals surface area (Å²) < 4.78 is 5.23. The number of aromatic nitrogens is 1. The highest BCUT2D eigenvalue weighted by molar-refractivity contribution is 5.77. The second-order valence-electron chi connectivity index (χ2n) is 8.13. The van der Waals surface area contributed by atoms with Crippen molar-refractivity contribution >= 4 is 5.91 Å². The van der Waals surface area contributed by atoms with Crippen molar-refractivity contribution in [3.63, 3.8) is 0 Å². The van der Waals surface area contributed by atoms with Crippen molar-refractivity contribution in [2.24, 2.45) is 5.92 Å². The Morgan fingerprint density at radius 2 is 1.96 bits per heavy atom. The first-order valence-corrected chi connectivity index (χ1v) is 10.1. The fourth-order valence-corrected chi connectivity index (χ4v) is 4.69. The van der Waals surface area contributed by atoms with E-state index in [1.807, 2.05) is 13.8 Å². The lowest BCUT2D eigenvalue weighted by molar-refractivity contribution is -0.135. The summed E-state index contributed by atoms with van der Waals surface area (Å²) in [6, 6.07) is 11.0. The van der Waals surface area contributed by atoms with E-state index in [2.05, 4.69) is 45.3 Å². The van der Waals surface area contributed by atoms with Gasteiger partial charge in [0.1, 0.15) is 5.76 Å². The van der Waals surface area contributed by atoms with Crippen molar-refractivity contribution < 1.29 is 9.32 Å². The molecule has 5 nitrogen and oxygen atoms in total. The van der Waals surface area contributed by atoms with Crippen molar-refractivity contribution in [3.05, 3.63) is 52.9 Å². The van der Waals surface area contributed by atoms with Crippen LogP contribution < -0.4 is 0 Å². The van der Waals surface area contributed by atoms with Gasteiger partial charge < -0.3 is 9.42 Å². The first kappa shape index (κ1) is 18.2. The topological polar surface area (TPSA) is 49.6 Å². The zero-order chi connectivity index (χ0) is 18.8. The van der Waals surface area contributed by atoms with Gasteiger partial charge in [-0.3, -0.25) is 9.69 Å². The van der Waals surface area contributed by atoms with E-state index in [-0.39, 0.29) is 5.91 Å². The highest BCUT2D eigenvalue weighted by Gasteiger charge is 2.36. The quantitative estimate of drug-likeness (QED) is 0.813. The summed E-state index contributed by atoms with van der Waals surface area (Å²) in [5, 5.41) is 4.00. The summed E-state index contributed by atoms with van der Waals surface area (Å²) in [4.78, 5) is 17.7. The molecule has 0 N–H and O–H groups in total. The second-order valence-corrected chi connectivity index (χ2v) is 8.13. The Labute approximate surface area is 161 Å². The van der Waals surface area contributed by atoms with E-state index in [1.165, 1.54) is 12.0 Å². The van der Waals surface area contributed by atoms with Gasteiger partial charge in [0.15, 0.2) is 0 Å². The molecule has 1 amide bonds. The van der Waals surface area contributed by atoms with Crippen LogP contribution in [0.15, 0.2) is 34.9 Å². The van der Waals surface area contributed by atoms with E-state index in [4.69, 9.17) is 4.52 Å². The largest absolute Gasteiger partial charge is 0.361 e. The van der Waals surface area contributed by atoms with Crippen molar-refractivity contribution in [3.8, 4) is 0 Å². The van der Waals surface area contributed by atoms with Crippen LogP contribution in [0.25, 0.3) is 0 Å². The molecule has 1 aromatic carbocycles. The normalized spacial score (nSPS) is 22.8. The molecule has 2 aromatic rings. The summed E-state index contributed by atoms with van der Waals surface area (Å²) in [6.07, 6.45) is 3.64. The molecule has 144 valence electrons. The van der Waals surface area contributed by atoms with Crippen molar-refractivity contribution in [1.82, 2.24) is 15.0 Å². The van der Waals surface area contributed by atoms with Crippen LogP contribution >= 0.6 is 0 Å². The average molecular weight is 367 g/mol. The monoisotopic (exact) mass is 367 g/mol. The van der Waals surface area contributed by atoms with Crippen LogP contribution in [-0.4, -0.2) is 46.5 Å². The van der Waals surface area contributed by atoms with Crippen molar-refractivity contribution in [1.29, 1.82) is 0 Å². The standard InChI is InChI=1S/C22H29N3O2/c1-16-21(17(2)27-23-16)10-11-22(26)25-14-19-8-9-20(25)15-24(13-19)12-18-6-4-3-5-7-18/h3-7,19-20H,8-15H2,1-2H3/t19-,20+/m0/s1. The summed E-state index contributed by atoms with van der Waals surface area (Å²) in [5.74, 6) is 1.72. The predicted molar refractivity (Wildman–Crippen MR) is 104 cm³/mol. The summed E-state index contributed by atoms with van der Waals surface area (Å²) in [6.45, 7) is 7.85. The van der Waals surface area contributed by atoms with Crippen LogP contribution in [0, 0.1) is 19.8 Å². The third-order valence-electron chi connectivity index (χ3n) is 6.13. The van der Waals surface area contributed by atoms with Gasteiger partial charge in [-0.15, -0.1) is 0 Å². The summed E-state index contributed by atoms with van der Waals surface area (Å²) >= 11 is 0. The Kier molecular flexibility index (Phi) is 5.30. The Morgan fingerprint density at radius 1 is 1.15 bits per heavy atom. The van der Waals surface area contributed by atoms with Gasteiger partial charge in [-0.25, -0.2) is 0 Å². The smallest absolute Gasteiger partial charge is 0.223 e. The fraction of sp³-hybridized carbons (Fsp3) is 0.545. The highest BCUT2D eigenvalue weighted by atomic mass is 16.5. The lowest BCUT2D eigenvalue weighted by atomic mass is 9.94. The molecule has 5 rings (SSSR count). The van der Waals surface area contributed by atoms with Crippen LogP contribution in [0.5, 0.6) is 0 Å². The lowest BCUT2D eigenvalue weighted by Crippen LogP contribution is -2.47.